The summed E-state index contributed by atoms with van der Waals surface area (Å²) in [6, 6.07) is 0. The Kier molecular flexibility index (Phi) is 3.23. The third kappa shape index (κ3) is 1.88. The van der Waals surface area contributed by atoms with Crippen molar-refractivity contribution in [3.63, 3.8) is 0 Å². The van der Waals surface area contributed by atoms with Gasteiger partial charge in [-0.15, -0.1) is 0 Å². The second-order valence-corrected chi connectivity index (χ2v) is 5.91. The van der Waals surface area contributed by atoms with E-state index in [9.17, 15) is 0 Å². The van der Waals surface area contributed by atoms with E-state index in [0.29, 0.717) is 10.8 Å². The summed E-state index contributed by atoms with van der Waals surface area (Å²) in [5.41, 5.74) is 1.16. The Hall–Kier alpha value is -0.260. The van der Waals surface area contributed by atoms with Crippen molar-refractivity contribution in [1.29, 1.82) is 0 Å². The summed E-state index contributed by atoms with van der Waals surface area (Å²) in [5, 5.41) is 0. The fourth-order valence-corrected chi connectivity index (χ4v) is 4.01. The van der Waals surface area contributed by atoms with Crippen LogP contribution in [0.15, 0.2) is 12.2 Å². The Bertz CT molecular complexity index is 232. The molecule has 0 amide bonds. The lowest BCUT2D eigenvalue weighted by molar-refractivity contribution is 0.0320. The standard InChI is InChI=1S/C15H26/c1-3-15(12-8-5-9-13-15)14(2)10-6-4-7-11-14/h6,10H,3-5,7-9,11-13H2,1-2H3/t14-/m0/s1. The second-order valence-electron chi connectivity index (χ2n) is 5.91. The molecule has 0 heterocycles. The molecule has 0 nitrogen and oxygen atoms in total. The molecule has 0 aliphatic heterocycles. The maximum atomic E-state index is 2.56. The van der Waals surface area contributed by atoms with E-state index in [1.165, 1.54) is 57.8 Å². The molecule has 0 heteroatoms. The van der Waals surface area contributed by atoms with Crippen molar-refractivity contribution < 1.29 is 0 Å². The zero-order chi connectivity index (χ0) is 10.8. The lowest BCUT2D eigenvalue weighted by atomic mass is 9.54. The van der Waals surface area contributed by atoms with E-state index in [1.54, 1.807) is 0 Å². The third-order valence-electron chi connectivity index (χ3n) is 5.25. The highest BCUT2D eigenvalue weighted by atomic mass is 14.5. The van der Waals surface area contributed by atoms with E-state index >= 15 is 0 Å². The van der Waals surface area contributed by atoms with Gasteiger partial charge in [0.2, 0.25) is 0 Å². The molecular weight excluding hydrogens is 180 g/mol. The smallest absolute Gasteiger partial charge is 0.00901 e. The Balaban J connectivity index is 2.22. The summed E-state index contributed by atoms with van der Waals surface area (Å²) in [5.74, 6) is 0. The molecule has 0 unspecified atom stereocenters. The average Bonchev–Trinajstić information content (AvgIpc) is 2.31. The van der Waals surface area contributed by atoms with Crippen LogP contribution in [0.1, 0.15) is 71.6 Å². The molecule has 0 radical (unpaired) electrons. The van der Waals surface area contributed by atoms with Gasteiger partial charge in [-0.25, -0.2) is 0 Å². The molecular formula is C15H26. The Labute approximate surface area is 95.1 Å². The topological polar surface area (TPSA) is 0 Å². The van der Waals surface area contributed by atoms with Crippen LogP contribution in [0, 0.1) is 10.8 Å². The molecule has 0 aromatic heterocycles. The van der Waals surface area contributed by atoms with Crippen LogP contribution in [0.5, 0.6) is 0 Å². The zero-order valence-electron chi connectivity index (χ0n) is 10.5. The maximum Gasteiger partial charge on any atom is -0.00901 e. The van der Waals surface area contributed by atoms with E-state index in [0.717, 1.165) is 0 Å². The van der Waals surface area contributed by atoms with Crippen LogP contribution < -0.4 is 0 Å². The molecule has 1 saturated carbocycles. The number of rotatable bonds is 2. The van der Waals surface area contributed by atoms with Crippen molar-refractivity contribution in [2.75, 3.05) is 0 Å². The van der Waals surface area contributed by atoms with Gasteiger partial charge in [-0.3, -0.25) is 0 Å². The first-order chi connectivity index (χ1) is 7.22. The fourth-order valence-electron chi connectivity index (χ4n) is 4.01. The molecule has 86 valence electrons. The molecule has 15 heavy (non-hydrogen) atoms. The number of hydrogen-bond acceptors (Lipinski definition) is 0. The minimum Gasteiger partial charge on any atom is -0.0880 e. The van der Waals surface area contributed by atoms with Gasteiger partial charge >= 0.3 is 0 Å². The van der Waals surface area contributed by atoms with Gasteiger partial charge in [-0.1, -0.05) is 45.3 Å². The summed E-state index contributed by atoms with van der Waals surface area (Å²) >= 11 is 0. The van der Waals surface area contributed by atoms with E-state index < -0.39 is 0 Å². The highest BCUT2D eigenvalue weighted by Crippen LogP contribution is 2.56. The lowest BCUT2D eigenvalue weighted by Gasteiger charge is -2.51. The fraction of sp³-hybridized carbons (Fsp3) is 0.867. The summed E-state index contributed by atoms with van der Waals surface area (Å²) < 4.78 is 0. The first kappa shape index (κ1) is 11.2. The quantitative estimate of drug-likeness (QED) is 0.552. The Morgan fingerprint density at radius 2 is 1.73 bits per heavy atom. The van der Waals surface area contributed by atoms with Crippen LogP contribution in [0.25, 0.3) is 0 Å². The van der Waals surface area contributed by atoms with Gasteiger partial charge in [0.1, 0.15) is 0 Å². The van der Waals surface area contributed by atoms with Crippen molar-refractivity contribution in [2.24, 2.45) is 10.8 Å². The molecule has 2 aliphatic rings. The van der Waals surface area contributed by atoms with E-state index in [1.807, 2.05) is 0 Å². The highest BCUT2D eigenvalue weighted by molar-refractivity contribution is 5.10. The molecule has 0 N–H and O–H groups in total. The molecule has 2 aliphatic carbocycles. The third-order valence-corrected chi connectivity index (χ3v) is 5.25. The summed E-state index contributed by atoms with van der Waals surface area (Å²) in [4.78, 5) is 0. The Morgan fingerprint density at radius 3 is 2.27 bits per heavy atom. The van der Waals surface area contributed by atoms with Crippen LogP contribution in [-0.4, -0.2) is 0 Å². The monoisotopic (exact) mass is 206 g/mol. The van der Waals surface area contributed by atoms with Gasteiger partial charge in [0.15, 0.2) is 0 Å². The predicted octanol–water partition coefficient (Wildman–Crippen LogP) is 5.09. The van der Waals surface area contributed by atoms with Crippen LogP contribution in [0.2, 0.25) is 0 Å². The van der Waals surface area contributed by atoms with Gasteiger partial charge in [0.25, 0.3) is 0 Å². The minimum atomic E-state index is 0.514. The van der Waals surface area contributed by atoms with Crippen LogP contribution in [0.4, 0.5) is 0 Å². The first-order valence-electron chi connectivity index (χ1n) is 6.90. The molecule has 0 aromatic carbocycles. The first-order valence-corrected chi connectivity index (χ1v) is 6.90. The van der Waals surface area contributed by atoms with Gasteiger partial charge < -0.3 is 0 Å². The number of allylic oxidation sites excluding steroid dienone is 2. The second kappa shape index (κ2) is 4.31. The average molecular weight is 206 g/mol. The molecule has 1 fully saturated rings. The van der Waals surface area contributed by atoms with Gasteiger partial charge in [0.05, 0.1) is 0 Å². The molecule has 0 aromatic rings. The summed E-state index contributed by atoms with van der Waals surface area (Å²) in [6.07, 6.45) is 17.9. The van der Waals surface area contributed by atoms with Crippen molar-refractivity contribution in [3.05, 3.63) is 12.2 Å². The maximum absolute atomic E-state index is 2.56. The van der Waals surface area contributed by atoms with E-state index in [-0.39, 0.29) is 0 Å². The summed E-state index contributed by atoms with van der Waals surface area (Å²) in [6.45, 7) is 4.94. The molecule has 2 rings (SSSR count). The normalized spacial score (nSPS) is 35.3. The van der Waals surface area contributed by atoms with Crippen molar-refractivity contribution in [1.82, 2.24) is 0 Å². The SMILES string of the molecule is CCC1([C@@]2(C)C=CCCC2)CCCCC1. The molecule has 0 saturated heterocycles. The largest absolute Gasteiger partial charge is 0.0880 e. The van der Waals surface area contributed by atoms with Crippen molar-refractivity contribution in [3.8, 4) is 0 Å². The van der Waals surface area contributed by atoms with Gasteiger partial charge in [-0.05, 0) is 49.4 Å². The van der Waals surface area contributed by atoms with Crippen molar-refractivity contribution in [2.45, 2.75) is 71.6 Å². The zero-order valence-corrected chi connectivity index (χ0v) is 10.5. The van der Waals surface area contributed by atoms with E-state index in [4.69, 9.17) is 0 Å². The highest BCUT2D eigenvalue weighted by Gasteiger charge is 2.45. The molecule has 1 atom stereocenters. The van der Waals surface area contributed by atoms with Gasteiger partial charge in [0, 0.05) is 0 Å². The summed E-state index contributed by atoms with van der Waals surface area (Å²) in [7, 11) is 0. The molecule has 0 bridgehead atoms. The minimum absolute atomic E-state index is 0.514. The van der Waals surface area contributed by atoms with Gasteiger partial charge in [-0.2, -0.15) is 0 Å². The van der Waals surface area contributed by atoms with E-state index in [2.05, 4.69) is 26.0 Å². The molecule has 0 spiro atoms. The van der Waals surface area contributed by atoms with Crippen LogP contribution >= 0.6 is 0 Å². The van der Waals surface area contributed by atoms with Crippen LogP contribution in [-0.2, 0) is 0 Å². The predicted molar refractivity (Wildman–Crippen MR) is 66.9 cm³/mol. The van der Waals surface area contributed by atoms with Crippen LogP contribution in [0.3, 0.4) is 0 Å². The Morgan fingerprint density at radius 1 is 1.00 bits per heavy atom. The number of hydrogen-bond donors (Lipinski definition) is 0. The lowest BCUT2D eigenvalue weighted by Crippen LogP contribution is -2.40. The van der Waals surface area contributed by atoms with Crippen molar-refractivity contribution >= 4 is 0 Å².